The number of morpholine rings is 1. The molecule has 2 aliphatic rings. The molecule has 1 N–H and O–H groups in total. The van der Waals surface area contributed by atoms with Crippen LogP contribution in [-0.2, 0) is 4.74 Å². The zero-order chi connectivity index (χ0) is 25.2. The van der Waals surface area contributed by atoms with Gasteiger partial charge in [-0.2, -0.15) is 10.1 Å². The zero-order valence-electron chi connectivity index (χ0n) is 20.1. The minimum absolute atomic E-state index is 0.123. The molecule has 6 rings (SSSR count). The molecular formula is C25H27F2N7O2. The van der Waals surface area contributed by atoms with Crippen LogP contribution in [0.3, 0.4) is 0 Å². The molecule has 1 aliphatic carbocycles. The van der Waals surface area contributed by atoms with E-state index in [1.807, 2.05) is 35.0 Å². The molecule has 36 heavy (non-hydrogen) atoms. The van der Waals surface area contributed by atoms with Gasteiger partial charge in [-0.25, -0.2) is 23.7 Å². The smallest absolute Gasteiger partial charge is 0.228 e. The van der Waals surface area contributed by atoms with Crippen molar-refractivity contribution in [3.8, 4) is 11.3 Å². The van der Waals surface area contributed by atoms with E-state index in [2.05, 4.69) is 25.0 Å². The lowest BCUT2D eigenvalue weighted by Crippen LogP contribution is -2.44. The number of benzene rings is 1. The number of hydrogen-bond donors (Lipinski definition) is 1. The summed E-state index contributed by atoms with van der Waals surface area (Å²) < 4.78 is 35.4. The highest BCUT2D eigenvalue weighted by molar-refractivity contribution is 5.88. The van der Waals surface area contributed by atoms with E-state index < -0.39 is 11.6 Å². The number of aliphatic hydroxyl groups excluding tert-OH is 1. The zero-order valence-corrected chi connectivity index (χ0v) is 20.1. The quantitative estimate of drug-likeness (QED) is 0.460. The van der Waals surface area contributed by atoms with E-state index in [4.69, 9.17) is 4.74 Å². The molecule has 1 aromatic carbocycles. The fourth-order valence-electron chi connectivity index (χ4n) is 3.96. The standard InChI is InChI=1S/C19H19F2N5O2.C6H8N2/c1-10-11(2)23-18-17(22-10)16(14-4-3-12(20)7-15(14)21)24-19(25-18)26-5-6-28-13(8-26)9-27;1-4-7-8(5-1)6-2-3-6/h3-4,7,13,27H,5-6,8-9H2,1-2H3;1,4-6H,2-3H2. The first-order valence-electron chi connectivity index (χ1n) is 11.9. The first-order valence-corrected chi connectivity index (χ1v) is 11.9. The monoisotopic (exact) mass is 495 g/mol. The summed E-state index contributed by atoms with van der Waals surface area (Å²) >= 11 is 0. The van der Waals surface area contributed by atoms with Gasteiger partial charge in [0.2, 0.25) is 5.95 Å². The van der Waals surface area contributed by atoms with Gasteiger partial charge in [-0.05, 0) is 44.9 Å². The predicted molar refractivity (Wildman–Crippen MR) is 129 cm³/mol. The van der Waals surface area contributed by atoms with Crippen LogP contribution in [0, 0.1) is 25.5 Å². The third-order valence-electron chi connectivity index (χ3n) is 6.19. The molecule has 9 nitrogen and oxygen atoms in total. The average molecular weight is 496 g/mol. The highest BCUT2D eigenvalue weighted by Crippen LogP contribution is 2.33. The van der Waals surface area contributed by atoms with Gasteiger partial charge in [-0.15, -0.1) is 0 Å². The van der Waals surface area contributed by atoms with E-state index in [-0.39, 0.29) is 24.0 Å². The van der Waals surface area contributed by atoms with Crippen LogP contribution in [0.5, 0.6) is 0 Å². The normalized spacial score (nSPS) is 17.7. The van der Waals surface area contributed by atoms with Crippen LogP contribution in [0.15, 0.2) is 36.7 Å². The molecule has 0 radical (unpaired) electrons. The highest BCUT2D eigenvalue weighted by Gasteiger charge is 2.25. The average Bonchev–Trinajstić information content (AvgIpc) is 3.58. The molecule has 1 unspecified atom stereocenters. The van der Waals surface area contributed by atoms with Crippen molar-refractivity contribution in [1.29, 1.82) is 0 Å². The molecule has 2 fully saturated rings. The second kappa shape index (κ2) is 10.2. The number of aryl methyl sites for hydroxylation is 2. The van der Waals surface area contributed by atoms with E-state index in [9.17, 15) is 13.9 Å². The van der Waals surface area contributed by atoms with E-state index in [1.165, 1.54) is 25.0 Å². The number of aromatic nitrogens is 6. The molecule has 11 heteroatoms. The van der Waals surface area contributed by atoms with Gasteiger partial charge in [-0.1, -0.05) is 0 Å². The third kappa shape index (κ3) is 5.17. The molecule has 4 heterocycles. The first kappa shape index (κ1) is 24.1. The van der Waals surface area contributed by atoms with Gasteiger partial charge in [0.25, 0.3) is 0 Å². The molecule has 0 bridgehead atoms. The summed E-state index contributed by atoms with van der Waals surface area (Å²) in [5, 5.41) is 13.5. The second-order valence-corrected chi connectivity index (χ2v) is 8.90. The Labute approximate surface area is 206 Å². The molecule has 1 saturated carbocycles. The molecule has 1 aliphatic heterocycles. The summed E-state index contributed by atoms with van der Waals surface area (Å²) in [6, 6.07) is 6.04. The van der Waals surface area contributed by atoms with Crippen molar-refractivity contribution in [3.05, 3.63) is 59.7 Å². The van der Waals surface area contributed by atoms with Crippen LogP contribution in [0.4, 0.5) is 14.7 Å². The topological polar surface area (TPSA) is 102 Å². The summed E-state index contributed by atoms with van der Waals surface area (Å²) in [5.41, 5.74) is 2.44. The lowest BCUT2D eigenvalue weighted by Gasteiger charge is -2.32. The number of fused-ring (bicyclic) bond motifs is 1. The van der Waals surface area contributed by atoms with E-state index in [0.29, 0.717) is 48.2 Å². The van der Waals surface area contributed by atoms with Crippen molar-refractivity contribution in [2.75, 3.05) is 31.2 Å². The Hall–Kier alpha value is -3.57. The van der Waals surface area contributed by atoms with E-state index in [1.54, 1.807) is 6.92 Å². The van der Waals surface area contributed by atoms with Gasteiger partial charge in [0.1, 0.15) is 22.8 Å². The van der Waals surface area contributed by atoms with E-state index >= 15 is 0 Å². The van der Waals surface area contributed by atoms with Gasteiger partial charge in [0, 0.05) is 37.1 Å². The molecule has 3 aromatic heterocycles. The first-order chi connectivity index (χ1) is 17.4. The van der Waals surface area contributed by atoms with Gasteiger partial charge in [-0.3, -0.25) is 4.68 Å². The van der Waals surface area contributed by atoms with Crippen molar-refractivity contribution in [2.45, 2.75) is 38.8 Å². The van der Waals surface area contributed by atoms with Crippen LogP contribution >= 0.6 is 0 Å². The summed E-state index contributed by atoms with van der Waals surface area (Å²) in [7, 11) is 0. The Morgan fingerprint density at radius 2 is 1.89 bits per heavy atom. The van der Waals surface area contributed by atoms with Crippen molar-refractivity contribution >= 4 is 17.1 Å². The Balaban J connectivity index is 0.000000280. The van der Waals surface area contributed by atoms with E-state index in [0.717, 1.165) is 12.1 Å². The van der Waals surface area contributed by atoms with Crippen molar-refractivity contribution in [3.63, 3.8) is 0 Å². The van der Waals surface area contributed by atoms with Crippen LogP contribution in [0.25, 0.3) is 22.4 Å². The minimum Gasteiger partial charge on any atom is -0.394 e. The molecule has 1 saturated heterocycles. The lowest BCUT2D eigenvalue weighted by atomic mass is 10.1. The fourth-order valence-corrected chi connectivity index (χ4v) is 3.96. The second-order valence-electron chi connectivity index (χ2n) is 8.90. The fraction of sp³-hybridized carbons (Fsp3) is 0.400. The molecule has 0 amide bonds. The number of aliphatic hydroxyl groups is 1. The van der Waals surface area contributed by atoms with Crippen molar-refractivity contribution < 1.29 is 18.6 Å². The maximum atomic E-state index is 14.5. The van der Waals surface area contributed by atoms with Crippen LogP contribution in [-0.4, -0.2) is 67.2 Å². The van der Waals surface area contributed by atoms with Crippen LogP contribution in [0.2, 0.25) is 0 Å². The summed E-state index contributed by atoms with van der Waals surface area (Å²) in [4.78, 5) is 19.9. The predicted octanol–water partition coefficient (Wildman–Crippen LogP) is 3.40. The summed E-state index contributed by atoms with van der Waals surface area (Å²) in [6.45, 7) is 4.82. The summed E-state index contributed by atoms with van der Waals surface area (Å²) in [6.07, 6.45) is 6.14. The Bertz CT molecular complexity index is 1360. The molecular weight excluding hydrogens is 468 g/mol. The largest absolute Gasteiger partial charge is 0.394 e. The maximum absolute atomic E-state index is 14.5. The van der Waals surface area contributed by atoms with Gasteiger partial charge < -0.3 is 14.7 Å². The Morgan fingerprint density at radius 3 is 2.58 bits per heavy atom. The van der Waals surface area contributed by atoms with Gasteiger partial charge in [0.15, 0.2) is 5.65 Å². The minimum atomic E-state index is -0.735. The molecule has 1 atom stereocenters. The Kier molecular flexibility index (Phi) is 6.84. The van der Waals surface area contributed by atoms with Crippen LogP contribution in [0.1, 0.15) is 30.3 Å². The number of hydrogen-bond acceptors (Lipinski definition) is 8. The number of ether oxygens (including phenoxy) is 1. The van der Waals surface area contributed by atoms with Gasteiger partial charge >= 0.3 is 0 Å². The molecule has 4 aromatic rings. The van der Waals surface area contributed by atoms with Gasteiger partial charge in [0.05, 0.1) is 36.7 Å². The third-order valence-corrected chi connectivity index (χ3v) is 6.19. The summed E-state index contributed by atoms with van der Waals surface area (Å²) in [5.74, 6) is -1.07. The lowest BCUT2D eigenvalue weighted by molar-refractivity contribution is 0.00316. The SMILES string of the molecule is Cc1nc2nc(N3CCOC(CO)C3)nc(-c3ccc(F)cc3F)c2nc1C.c1cnn(C2CC2)c1. The van der Waals surface area contributed by atoms with Crippen LogP contribution < -0.4 is 4.90 Å². The maximum Gasteiger partial charge on any atom is 0.228 e. The highest BCUT2D eigenvalue weighted by atomic mass is 19.1. The number of halogens is 2. The molecule has 188 valence electrons. The number of anilines is 1. The molecule has 0 spiro atoms. The van der Waals surface area contributed by atoms with Crippen molar-refractivity contribution in [2.24, 2.45) is 0 Å². The number of rotatable bonds is 4. The Morgan fingerprint density at radius 1 is 1.08 bits per heavy atom. The number of nitrogens with zero attached hydrogens (tertiary/aromatic N) is 7. The van der Waals surface area contributed by atoms with Crippen molar-refractivity contribution in [1.82, 2.24) is 29.7 Å².